The lowest BCUT2D eigenvalue weighted by Crippen LogP contribution is -2.26. The molecule has 95 heavy (non-hydrogen) atoms. The molecular formula is C92H55N3. The van der Waals surface area contributed by atoms with Crippen LogP contribution in [0.4, 0.5) is 0 Å². The molecule has 19 aromatic rings. The van der Waals surface area contributed by atoms with Crippen LogP contribution in [0.25, 0.3) is 182 Å². The van der Waals surface area contributed by atoms with Gasteiger partial charge in [0.1, 0.15) is 0 Å². The van der Waals surface area contributed by atoms with Crippen molar-refractivity contribution in [2.24, 2.45) is 0 Å². The van der Waals surface area contributed by atoms with E-state index in [2.05, 4.69) is 325 Å². The summed E-state index contributed by atoms with van der Waals surface area (Å²) >= 11 is 0. The van der Waals surface area contributed by atoms with Gasteiger partial charge in [-0.05, 0) is 200 Å². The number of nitrogens with zero attached hydrogens (tertiary/aromatic N) is 3. The van der Waals surface area contributed by atoms with E-state index in [4.69, 9.17) is 0 Å². The van der Waals surface area contributed by atoms with Crippen molar-refractivity contribution >= 4 is 92.5 Å². The summed E-state index contributed by atoms with van der Waals surface area (Å²) in [6, 6.07) is 114. The van der Waals surface area contributed by atoms with Crippen LogP contribution in [0.15, 0.2) is 297 Å². The van der Waals surface area contributed by atoms with Crippen molar-refractivity contribution in [2.75, 3.05) is 0 Å². The Kier molecular flexibility index (Phi) is 9.34. The smallest absolute Gasteiger partial charge is 0.0726 e. The maximum atomic E-state index is 2.60. The molecule has 0 atom stereocenters. The van der Waals surface area contributed by atoms with Gasteiger partial charge in [-0.2, -0.15) is 0 Å². The van der Waals surface area contributed by atoms with Gasteiger partial charge < -0.3 is 13.5 Å². The van der Waals surface area contributed by atoms with Crippen LogP contribution in [0.2, 0.25) is 0 Å². The van der Waals surface area contributed by atoms with E-state index in [1.807, 2.05) is 0 Å². The van der Waals surface area contributed by atoms with Gasteiger partial charge in [-0.1, -0.05) is 238 Å². The largest absolute Gasteiger partial charge is 0.309 e. The molecule has 4 heterocycles. The van der Waals surface area contributed by atoms with E-state index in [1.165, 1.54) is 209 Å². The van der Waals surface area contributed by atoms with E-state index >= 15 is 0 Å². The number of hydrogen-bond donors (Lipinski definition) is 0. The van der Waals surface area contributed by atoms with Crippen molar-refractivity contribution in [1.82, 2.24) is 13.5 Å². The molecule has 0 unspecified atom stereocenters. The van der Waals surface area contributed by atoms with E-state index in [0.717, 1.165) is 5.69 Å². The Morgan fingerprint density at radius 2 is 0.737 bits per heavy atom. The van der Waals surface area contributed by atoms with Crippen molar-refractivity contribution in [3.63, 3.8) is 0 Å². The van der Waals surface area contributed by atoms with Crippen molar-refractivity contribution in [1.29, 1.82) is 0 Å². The number of benzene rings is 15. The molecule has 4 aromatic heterocycles. The number of fused-ring (bicyclic) bond motifs is 22. The SMILES string of the molecule is CC1(C)c2ccccc2-c2ccc(-c3cccc(-n4c5cccc6c7ccc(-c8ccc9c(c8)-c8ccc(-n%10c%11cccc%12c%11c%11c%13c(cccc%13ccc%11%10)-c%10ccccc%10-%12)cc8C98c9ccccc9-c9ccccc98)cc7n7c8ccccc8c8ccc4c(c65)c87)c3)cc21. The summed E-state index contributed by atoms with van der Waals surface area (Å²) in [5.41, 5.74) is 36.1. The first kappa shape index (κ1) is 50.6. The van der Waals surface area contributed by atoms with Gasteiger partial charge in [-0.25, -0.2) is 0 Å². The zero-order chi connectivity index (χ0) is 61.9. The van der Waals surface area contributed by atoms with Crippen LogP contribution >= 0.6 is 0 Å². The minimum absolute atomic E-state index is 0.0842. The van der Waals surface area contributed by atoms with Crippen LogP contribution < -0.4 is 0 Å². The molecule has 0 saturated carbocycles. The lowest BCUT2D eigenvalue weighted by molar-refractivity contribution is 0.660. The quantitative estimate of drug-likeness (QED) is 0.167. The van der Waals surface area contributed by atoms with E-state index < -0.39 is 5.41 Å². The second kappa shape index (κ2) is 17.5. The third-order valence-electron chi connectivity index (χ3n) is 23.1. The Hall–Kier alpha value is -12.0. The Bertz CT molecular complexity index is 6710. The molecule has 0 radical (unpaired) electrons. The summed E-state index contributed by atoms with van der Waals surface area (Å²) in [4.78, 5) is 0. The second-order valence-electron chi connectivity index (χ2n) is 27.7. The summed E-state index contributed by atoms with van der Waals surface area (Å²) in [6.07, 6.45) is 0. The minimum atomic E-state index is -0.554. The van der Waals surface area contributed by atoms with Crippen molar-refractivity contribution in [2.45, 2.75) is 24.7 Å². The average Bonchev–Trinajstić information content (AvgIpc) is 1.51. The fourth-order valence-electron chi connectivity index (χ4n) is 19.2. The van der Waals surface area contributed by atoms with Gasteiger partial charge in [0.15, 0.2) is 0 Å². The maximum absolute atomic E-state index is 2.60. The molecule has 4 aliphatic rings. The molecule has 15 aromatic carbocycles. The average molecular weight is 1200 g/mol. The summed E-state index contributed by atoms with van der Waals surface area (Å²) in [6.45, 7) is 4.74. The van der Waals surface area contributed by atoms with Crippen LogP contribution in [0.3, 0.4) is 0 Å². The van der Waals surface area contributed by atoms with E-state index in [0.29, 0.717) is 0 Å². The first-order chi connectivity index (χ1) is 46.9. The van der Waals surface area contributed by atoms with Crippen LogP contribution in [-0.2, 0) is 10.8 Å². The molecule has 23 rings (SSSR count). The second-order valence-corrected chi connectivity index (χ2v) is 27.7. The highest BCUT2D eigenvalue weighted by atomic mass is 15.0. The number of hydrogen-bond acceptors (Lipinski definition) is 0. The highest BCUT2D eigenvalue weighted by Crippen LogP contribution is 2.64. The highest BCUT2D eigenvalue weighted by molar-refractivity contribution is 6.34. The molecule has 0 amide bonds. The third-order valence-corrected chi connectivity index (χ3v) is 23.1. The summed E-state index contributed by atoms with van der Waals surface area (Å²) in [7, 11) is 0. The molecule has 1 spiro atoms. The van der Waals surface area contributed by atoms with E-state index in [9.17, 15) is 0 Å². The molecule has 0 aliphatic heterocycles. The molecule has 0 N–H and O–H groups in total. The van der Waals surface area contributed by atoms with Gasteiger partial charge in [0, 0.05) is 54.5 Å². The van der Waals surface area contributed by atoms with Gasteiger partial charge in [-0.15, -0.1) is 0 Å². The van der Waals surface area contributed by atoms with Gasteiger partial charge in [-0.3, -0.25) is 0 Å². The minimum Gasteiger partial charge on any atom is -0.309 e. The van der Waals surface area contributed by atoms with Crippen molar-refractivity contribution < 1.29 is 0 Å². The lowest BCUT2D eigenvalue weighted by atomic mass is 9.70. The number of rotatable bonds is 4. The fraction of sp³-hybridized carbons (Fsp3) is 0.0435. The Morgan fingerprint density at radius 1 is 0.232 bits per heavy atom. The zero-order valence-corrected chi connectivity index (χ0v) is 52.1. The molecule has 0 bridgehead atoms. The summed E-state index contributed by atoms with van der Waals surface area (Å²) in [5, 5.41) is 12.8. The van der Waals surface area contributed by atoms with Gasteiger partial charge in [0.2, 0.25) is 0 Å². The van der Waals surface area contributed by atoms with Crippen LogP contribution in [0.5, 0.6) is 0 Å². The molecule has 0 saturated heterocycles. The molecule has 438 valence electrons. The number of para-hydroxylation sites is 1. The normalized spacial score (nSPS) is 14.2. The fourth-order valence-corrected chi connectivity index (χ4v) is 19.2. The van der Waals surface area contributed by atoms with Crippen LogP contribution in [-0.4, -0.2) is 13.5 Å². The monoisotopic (exact) mass is 1200 g/mol. The first-order valence-corrected chi connectivity index (χ1v) is 33.5. The molecule has 0 fully saturated rings. The number of aromatic nitrogens is 3. The molecule has 3 heteroatoms. The third kappa shape index (κ3) is 6.11. The first-order valence-electron chi connectivity index (χ1n) is 33.5. The topological polar surface area (TPSA) is 14.3 Å². The van der Waals surface area contributed by atoms with Crippen LogP contribution in [0.1, 0.15) is 47.2 Å². The standard InChI is InChI=1S/C92H55N3/c1-91(2)73-29-9-5-22-61(73)64-40-35-55(49-77(64)91)53-18-13-19-57(47-53)93-81-34-16-28-70-67-41-36-56(50-84(67)95-79-32-12-8-25-66(79)71-43-46-83(93)89(87(70)81)90(71)95)54-37-44-76-72(48-54)65-42-39-58(51-78(65)92(76)74-30-10-6-23-62(74)63-24-7-11-31-75(63)92)94-80-33-15-27-69-60-21-4-3-20-59(60)68-26-14-17-52-38-45-82(94)88(85(52)68)86(69)80/h3-51H,1-2H3. The van der Waals surface area contributed by atoms with Crippen molar-refractivity contribution in [3.8, 4) is 89.3 Å². The van der Waals surface area contributed by atoms with Crippen molar-refractivity contribution in [3.05, 3.63) is 331 Å². The molecule has 3 nitrogen and oxygen atoms in total. The predicted octanol–water partition coefficient (Wildman–Crippen LogP) is 23.8. The Labute approximate surface area is 547 Å². The van der Waals surface area contributed by atoms with Gasteiger partial charge in [0.05, 0.1) is 44.0 Å². The maximum Gasteiger partial charge on any atom is 0.0726 e. The zero-order valence-electron chi connectivity index (χ0n) is 52.1. The highest BCUT2D eigenvalue weighted by Gasteiger charge is 2.52. The van der Waals surface area contributed by atoms with Gasteiger partial charge >= 0.3 is 0 Å². The predicted molar refractivity (Wildman–Crippen MR) is 396 cm³/mol. The molecular weight excluding hydrogens is 1150 g/mol. The Morgan fingerprint density at radius 3 is 1.55 bits per heavy atom. The van der Waals surface area contributed by atoms with Gasteiger partial charge in [0.25, 0.3) is 0 Å². The summed E-state index contributed by atoms with van der Waals surface area (Å²) < 4.78 is 7.70. The van der Waals surface area contributed by atoms with E-state index in [1.54, 1.807) is 0 Å². The van der Waals surface area contributed by atoms with Crippen LogP contribution in [0, 0.1) is 0 Å². The summed E-state index contributed by atoms with van der Waals surface area (Å²) in [5.74, 6) is 0. The molecule has 4 aliphatic carbocycles. The lowest BCUT2D eigenvalue weighted by Gasteiger charge is -2.31. The van der Waals surface area contributed by atoms with E-state index in [-0.39, 0.29) is 5.41 Å². The Balaban J connectivity index is 0.730.